The summed E-state index contributed by atoms with van der Waals surface area (Å²) in [7, 11) is 0. The Kier molecular flexibility index (Phi) is 6.75. The molecule has 0 atom stereocenters. The van der Waals surface area contributed by atoms with Gasteiger partial charge >= 0.3 is 0 Å². The number of nitriles is 1. The molecule has 0 aliphatic carbocycles. The molecule has 2 aromatic rings. The quantitative estimate of drug-likeness (QED) is 0.267. The first-order chi connectivity index (χ1) is 12.5. The van der Waals surface area contributed by atoms with Gasteiger partial charge in [0, 0.05) is 23.8 Å². The van der Waals surface area contributed by atoms with Crippen molar-refractivity contribution >= 4 is 33.3 Å². The molecule has 0 aliphatic heterocycles. The molecule has 0 N–H and O–H groups in total. The van der Waals surface area contributed by atoms with E-state index in [9.17, 15) is 15.4 Å². The van der Waals surface area contributed by atoms with Gasteiger partial charge in [0.15, 0.2) is 0 Å². The topological polar surface area (TPSA) is 85.4 Å². The van der Waals surface area contributed by atoms with E-state index in [0.29, 0.717) is 41.4 Å². The zero-order chi connectivity index (χ0) is 19.1. The monoisotopic (exact) mass is 416 g/mol. The van der Waals surface area contributed by atoms with Crippen LogP contribution in [0.1, 0.15) is 25.0 Å². The number of nitro groups is 1. The van der Waals surface area contributed by atoms with E-state index in [0.717, 1.165) is 4.47 Å². The fraction of sp³-hybridized carbons (Fsp3) is 0.211. The minimum Gasteiger partial charge on any atom is -0.493 e. The second-order valence-electron chi connectivity index (χ2n) is 5.16. The fourth-order valence-electron chi connectivity index (χ4n) is 2.31. The molecule has 0 spiro atoms. The summed E-state index contributed by atoms with van der Waals surface area (Å²) >= 11 is 3.46. The first kappa shape index (κ1) is 19.5. The summed E-state index contributed by atoms with van der Waals surface area (Å²) in [6, 6.07) is 11.6. The van der Waals surface area contributed by atoms with Crippen LogP contribution in [-0.2, 0) is 0 Å². The molecule has 26 heavy (non-hydrogen) atoms. The van der Waals surface area contributed by atoms with Gasteiger partial charge in [-0.15, -0.1) is 0 Å². The number of nitro benzene ring substituents is 1. The third kappa shape index (κ3) is 4.61. The van der Waals surface area contributed by atoms with Gasteiger partial charge in [-0.25, -0.2) is 0 Å². The molecule has 6 nitrogen and oxygen atoms in total. The van der Waals surface area contributed by atoms with Crippen molar-refractivity contribution in [2.24, 2.45) is 0 Å². The molecule has 2 aromatic carbocycles. The molecule has 0 aliphatic rings. The lowest BCUT2D eigenvalue weighted by molar-refractivity contribution is -0.384. The Bertz CT molecular complexity index is 870. The minimum absolute atomic E-state index is 0.0233. The normalized spacial score (nSPS) is 10.9. The molecular weight excluding hydrogens is 400 g/mol. The van der Waals surface area contributed by atoms with Crippen LogP contribution in [-0.4, -0.2) is 18.1 Å². The van der Waals surface area contributed by atoms with E-state index < -0.39 is 4.92 Å². The number of allylic oxidation sites excluding steroid dienone is 1. The van der Waals surface area contributed by atoms with Crippen LogP contribution in [0.3, 0.4) is 0 Å². The standard InChI is InChI=1S/C19H17BrN2O4/c1-3-25-18-11-19(26-4-2)17(20)10-14(18)9-15(12-21)13-5-7-16(8-6-13)22(23)24/h5-11H,3-4H2,1-2H3/b15-9-. The molecule has 0 bridgehead atoms. The van der Waals surface area contributed by atoms with Gasteiger partial charge in [0.1, 0.15) is 11.5 Å². The van der Waals surface area contributed by atoms with E-state index in [2.05, 4.69) is 22.0 Å². The number of halogens is 1. The second-order valence-corrected chi connectivity index (χ2v) is 6.01. The zero-order valence-corrected chi connectivity index (χ0v) is 15.9. The van der Waals surface area contributed by atoms with Gasteiger partial charge in [-0.1, -0.05) is 0 Å². The zero-order valence-electron chi connectivity index (χ0n) is 14.4. The van der Waals surface area contributed by atoms with Crippen molar-refractivity contribution in [2.45, 2.75) is 13.8 Å². The van der Waals surface area contributed by atoms with Gasteiger partial charge in [0.05, 0.1) is 34.3 Å². The number of hydrogen-bond acceptors (Lipinski definition) is 5. The Morgan fingerprint density at radius 2 is 1.81 bits per heavy atom. The molecule has 2 rings (SSSR count). The van der Waals surface area contributed by atoms with Crippen LogP contribution in [0.4, 0.5) is 5.69 Å². The molecule has 0 heterocycles. The highest BCUT2D eigenvalue weighted by molar-refractivity contribution is 9.10. The van der Waals surface area contributed by atoms with Gasteiger partial charge in [-0.05, 0) is 59.6 Å². The van der Waals surface area contributed by atoms with Crippen LogP contribution >= 0.6 is 15.9 Å². The van der Waals surface area contributed by atoms with Crippen molar-refractivity contribution in [3.05, 3.63) is 62.1 Å². The Labute approximate surface area is 159 Å². The smallest absolute Gasteiger partial charge is 0.269 e. The van der Waals surface area contributed by atoms with Crippen LogP contribution < -0.4 is 9.47 Å². The van der Waals surface area contributed by atoms with Crippen LogP contribution in [0.25, 0.3) is 11.6 Å². The summed E-state index contributed by atoms with van der Waals surface area (Å²) in [4.78, 5) is 10.3. The average Bonchev–Trinajstić information content (AvgIpc) is 2.63. The molecular formula is C19H17BrN2O4. The molecule has 0 amide bonds. The molecule has 134 valence electrons. The first-order valence-corrected chi connectivity index (χ1v) is 8.75. The Hall–Kier alpha value is -2.85. The third-order valence-electron chi connectivity index (χ3n) is 3.47. The van der Waals surface area contributed by atoms with E-state index in [1.807, 2.05) is 19.9 Å². The molecule has 0 fully saturated rings. The number of benzene rings is 2. The van der Waals surface area contributed by atoms with Crippen molar-refractivity contribution in [1.82, 2.24) is 0 Å². The Morgan fingerprint density at radius 1 is 1.19 bits per heavy atom. The maximum Gasteiger partial charge on any atom is 0.269 e. The van der Waals surface area contributed by atoms with Crippen LogP contribution in [0.2, 0.25) is 0 Å². The van der Waals surface area contributed by atoms with Crippen LogP contribution in [0.15, 0.2) is 40.9 Å². The minimum atomic E-state index is -0.476. The molecule has 0 saturated carbocycles. The van der Waals surface area contributed by atoms with Gasteiger partial charge in [0.25, 0.3) is 5.69 Å². The summed E-state index contributed by atoms with van der Waals surface area (Å²) < 4.78 is 12.0. The second kappa shape index (κ2) is 9.02. The van der Waals surface area contributed by atoms with E-state index >= 15 is 0 Å². The lowest BCUT2D eigenvalue weighted by Crippen LogP contribution is -1.98. The predicted octanol–water partition coefficient (Wildman–Crippen LogP) is 5.22. The van der Waals surface area contributed by atoms with Crippen molar-refractivity contribution < 1.29 is 14.4 Å². The number of rotatable bonds is 7. The van der Waals surface area contributed by atoms with Crippen LogP contribution in [0.5, 0.6) is 11.5 Å². The summed E-state index contributed by atoms with van der Waals surface area (Å²) in [6.45, 7) is 4.75. The lowest BCUT2D eigenvalue weighted by Gasteiger charge is -2.13. The SMILES string of the molecule is CCOc1cc(OCC)c(/C=C(/C#N)c2ccc([N+](=O)[O-])cc2)cc1Br. The first-order valence-electron chi connectivity index (χ1n) is 7.95. The van der Waals surface area contributed by atoms with Gasteiger partial charge in [-0.2, -0.15) is 5.26 Å². The van der Waals surface area contributed by atoms with Gasteiger partial charge in [-0.3, -0.25) is 10.1 Å². The summed E-state index contributed by atoms with van der Waals surface area (Å²) in [5.74, 6) is 1.25. The van der Waals surface area contributed by atoms with Gasteiger partial charge < -0.3 is 9.47 Å². The predicted molar refractivity (Wildman–Crippen MR) is 103 cm³/mol. The summed E-state index contributed by atoms with van der Waals surface area (Å²) in [5.41, 5.74) is 1.64. The van der Waals surface area contributed by atoms with E-state index in [1.54, 1.807) is 24.3 Å². The lowest BCUT2D eigenvalue weighted by atomic mass is 10.0. The van der Waals surface area contributed by atoms with Crippen molar-refractivity contribution in [1.29, 1.82) is 5.26 Å². The Balaban J connectivity index is 2.48. The highest BCUT2D eigenvalue weighted by Gasteiger charge is 2.12. The number of nitrogens with zero attached hydrogens (tertiary/aromatic N) is 2. The third-order valence-corrected chi connectivity index (χ3v) is 4.09. The molecule has 7 heteroatoms. The highest BCUT2D eigenvalue weighted by Crippen LogP contribution is 2.35. The number of non-ortho nitro benzene ring substituents is 1. The summed E-state index contributed by atoms with van der Waals surface area (Å²) in [5, 5.41) is 20.3. The molecule has 0 aromatic heterocycles. The van der Waals surface area contributed by atoms with Gasteiger partial charge in [0.2, 0.25) is 0 Å². The fourth-order valence-corrected chi connectivity index (χ4v) is 2.78. The van der Waals surface area contributed by atoms with E-state index in [-0.39, 0.29) is 5.69 Å². The number of ether oxygens (including phenoxy) is 2. The summed E-state index contributed by atoms with van der Waals surface area (Å²) in [6.07, 6.45) is 1.69. The van der Waals surface area contributed by atoms with E-state index in [4.69, 9.17) is 9.47 Å². The molecule has 0 unspecified atom stereocenters. The Morgan fingerprint density at radius 3 is 2.35 bits per heavy atom. The van der Waals surface area contributed by atoms with Crippen molar-refractivity contribution in [3.63, 3.8) is 0 Å². The average molecular weight is 417 g/mol. The number of hydrogen-bond donors (Lipinski definition) is 0. The maximum absolute atomic E-state index is 10.8. The highest BCUT2D eigenvalue weighted by atomic mass is 79.9. The van der Waals surface area contributed by atoms with Crippen molar-refractivity contribution in [3.8, 4) is 17.6 Å². The maximum atomic E-state index is 10.8. The van der Waals surface area contributed by atoms with E-state index in [1.165, 1.54) is 12.1 Å². The largest absolute Gasteiger partial charge is 0.493 e. The van der Waals surface area contributed by atoms with Crippen LogP contribution in [0, 0.1) is 21.4 Å². The molecule has 0 radical (unpaired) electrons. The molecule has 0 saturated heterocycles. The van der Waals surface area contributed by atoms with Crippen molar-refractivity contribution in [2.75, 3.05) is 13.2 Å².